The van der Waals surface area contributed by atoms with Gasteiger partial charge < -0.3 is 5.11 Å². The molecule has 0 saturated carbocycles. The molecule has 0 spiro atoms. The van der Waals surface area contributed by atoms with Crippen LogP contribution in [0.2, 0.25) is 0 Å². The molecule has 0 saturated heterocycles. The number of carboxylic acid groups (broad SMARTS) is 1. The second kappa shape index (κ2) is 4.20. The van der Waals surface area contributed by atoms with E-state index in [0.29, 0.717) is 10.7 Å². The van der Waals surface area contributed by atoms with Gasteiger partial charge in [0.15, 0.2) is 0 Å². The van der Waals surface area contributed by atoms with Crippen LogP contribution in [0.25, 0.3) is 10.6 Å². The van der Waals surface area contributed by atoms with E-state index in [1.54, 1.807) is 13.1 Å². The quantitative estimate of drug-likeness (QED) is 0.906. The molecule has 0 atom stereocenters. The first-order valence-corrected chi connectivity index (χ1v) is 6.37. The summed E-state index contributed by atoms with van der Waals surface area (Å²) in [6.45, 7) is 7.87. The lowest BCUT2D eigenvalue weighted by atomic mass is 10.1. The van der Waals surface area contributed by atoms with Crippen molar-refractivity contribution in [3.8, 4) is 10.6 Å². The van der Waals surface area contributed by atoms with E-state index in [-0.39, 0.29) is 10.4 Å². The first-order chi connectivity index (χ1) is 8.29. The van der Waals surface area contributed by atoms with Crippen LogP contribution in [0.3, 0.4) is 0 Å². The molecular weight excluding hydrogens is 250 g/mol. The fraction of sp³-hybridized carbons (Fsp3) is 0.417. The van der Waals surface area contributed by atoms with Crippen molar-refractivity contribution in [1.29, 1.82) is 0 Å². The predicted octanol–water partition coefficient (Wildman–Crippen LogP) is 2.77. The van der Waals surface area contributed by atoms with Gasteiger partial charge in [0, 0.05) is 11.8 Å². The fourth-order valence-corrected chi connectivity index (χ4v) is 2.40. The van der Waals surface area contributed by atoms with E-state index < -0.39 is 5.97 Å². The highest BCUT2D eigenvalue weighted by atomic mass is 32.1. The molecule has 96 valence electrons. The number of thiazole rings is 1. The summed E-state index contributed by atoms with van der Waals surface area (Å²) in [6, 6.07) is 0. The first kappa shape index (κ1) is 12.8. The Morgan fingerprint density at radius 3 is 2.56 bits per heavy atom. The number of carboxylic acids is 1. The Balaban J connectivity index is 2.41. The molecule has 0 aliphatic carbocycles. The van der Waals surface area contributed by atoms with Crippen LogP contribution in [-0.4, -0.2) is 25.8 Å². The molecular formula is C12H15N3O2S. The number of hydrogen-bond donors (Lipinski definition) is 1. The van der Waals surface area contributed by atoms with E-state index in [2.05, 4.69) is 30.9 Å². The van der Waals surface area contributed by atoms with Crippen LogP contribution in [0.1, 0.15) is 36.1 Å². The molecule has 0 fully saturated rings. The second-order valence-electron chi connectivity index (χ2n) is 5.08. The van der Waals surface area contributed by atoms with E-state index in [1.165, 1.54) is 11.3 Å². The molecule has 18 heavy (non-hydrogen) atoms. The Bertz CT molecular complexity index is 593. The lowest BCUT2D eigenvalue weighted by molar-refractivity contribution is 0.0701. The molecule has 1 N–H and O–H groups in total. The summed E-state index contributed by atoms with van der Waals surface area (Å²) in [5.41, 5.74) is 1.30. The summed E-state index contributed by atoms with van der Waals surface area (Å²) in [7, 11) is 0. The molecule has 0 aliphatic rings. The summed E-state index contributed by atoms with van der Waals surface area (Å²) in [5, 5.41) is 14.0. The minimum absolute atomic E-state index is 0.0970. The minimum atomic E-state index is -0.931. The van der Waals surface area contributed by atoms with Crippen LogP contribution in [0, 0.1) is 6.92 Å². The zero-order valence-corrected chi connectivity index (χ0v) is 11.6. The van der Waals surface area contributed by atoms with Gasteiger partial charge in [-0.3, -0.25) is 4.68 Å². The van der Waals surface area contributed by atoms with E-state index in [9.17, 15) is 4.79 Å². The fourth-order valence-electron chi connectivity index (χ4n) is 1.52. The Morgan fingerprint density at radius 1 is 1.44 bits per heavy atom. The van der Waals surface area contributed by atoms with Gasteiger partial charge in [-0.15, -0.1) is 11.3 Å². The van der Waals surface area contributed by atoms with Crippen molar-refractivity contribution in [1.82, 2.24) is 14.8 Å². The highest BCUT2D eigenvalue weighted by Crippen LogP contribution is 2.28. The Morgan fingerprint density at radius 2 is 2.11 bits per heavy atom. The van der Waals surface area contributed by atoms with Crippen molar-refractivity contribution < 1.29 is 9.90 Å². The van der Waals surface area contributed by atoms with Gasteiger partial charge in [-0.2, -0.15) is 5.10 Å². The van der Waals surface area contributed by atoms with E-state index >= 15 is 0 Å². The van der Waals surface area contributed by atoms with Crippen LogP contribution in [0.4, 0.5) is 0 Å². The zero-order valence-electron chi connectivity index (χ0n) is 10.8. The summed E-state index contributed by atoms with van der Waals surface area (Å²) in [5.74, 6) is -0.931. The summed E-state index contributed by atoms with van der Waals surface area (Å²) >= 11 is 1.18. The minimum Gasteiger partial charge on any atom is -0.477 e. The topological polar surface area (TPSA) is 68.0 Å². The largest absolute Gasteiger partial charge is 0.477 e. The number of hydrogen-bond acceptors (Lipinski definition) is 4. The third kappa shape index (κ3) is 2.28. The average molecular weight is 265 g/mol. The van der Waals surface area contributed by atoms with Crippen LogP contribution in [-0.2, 0) is 5.54 Å². The van der Waals surface area contributed by atoms with Gasteiger partial charge in [-0.25, -0.2) is 9.78 Å². The average Bonchev–Trinajstić information content (AvgIpc) is 2.81. The van der Waals surface area contributed by atoms with Crippen molar-refractivity contribution in [3.05, 3.63) is 23.0 Å². The number of carbonyl (C=O) groups is 1. The Kier molecular flexibility index (Phi) is 2.98. The SMILES string of the molecule is Cc1nc(-c2cnn(C(C)(C)C)c2)sc1C(=O)O. The molecule has 0 amide bonds. The molecule has 5 nitrogen and oxygen atoms in total. The number of aromatic nitrogens is 3. The van der Waals surface area contributed by atoms with Crippen molar-refractivity contribution >= 4 is 17.3 Å². The van der Waals surface area contributed by atoms with Crippen LogP contribution >= 0.6 is 11.3 Å². The molecule has 0 unspecified atom stereocenters. The lowest BCUT2D eigenvalue weighted by Crippen LogP contribution is -2.21. The number of aromatic carboxylic acids is 1. The summed E-state index contributed by atoms with van der Waals surface area (Å²) in [4.78, 5) is 15.5. The number of rotatable bonds is 2. The molecule has 6 heteroatoms. The lowest BCUT2D eigenvalue weighted by Gasteiger charge is -2.18. The molecule has 2 aromatic rings. The van der Waals surface area contributed by atoms with Gasteiger partial charge in [0.2, 0.25) is 0 Å². The van der Waals surface area contributed by atoms with Gasteiger partial charge in [0.1, 0.15) is 9.88 Å². The van der Waals surface area contributed by atoms with Gasteiger partial charge in [-0.05, 0) is 27.7 Å². The normalized spacial score (nSPS) is 11.8. The molecule has 0 aromatic carbocycles. The highest BCUT2D eigenvalue weighted by molar-refractivity contribution is 7.17. The maximum Gasteiger partial charge on any atom is 0.347 e. The third-order valence-corrected chi connectivity index (χ3v) is 3.70. The smallest absolute Gasteiger partial charge is 0.347 e. The third-order valence-electron chi connectivity index (χ3n) is 2.51. The van der Waals surface area contributed by atoms with Crippen molar-refractivity contribution in [3.63, 3.8) is 0 Å². The monoisotopic (exact) mass is 265 g/mol. The van der Waals surface area contributed by atoms with Gasteiger partial charge in [-0.1, -0.05) is 0 Å². The van der Waals surface area contributed by atoms with Gasteiger partial charge in [0.25, 0.3) is 0 Å². The van der Waals surface area contributed by atoms with Crippen LogP contribution in [0.15, 0.2) is 12.4 Å². The molecule has 0 aliphatic heterocycles. The van der Waals surface area contributed by atoms with E-state index in [1.807, 2.05) is 10.9 Å². The Labute approximate surface area is 109 Å². The standard InChI is InChI=1S/C12H15N3O2S/c1-7-9(11(16)17)18-10(14-7)8-5-13-15(6-8)12(2,3)4/h5-6H,1-4H3,(H,16,17). The van der Waals surface area contributed by atoms with Crippen molar-refractivity contribution in [2.45, 2.75) is 33.2 Å². The summed E-state index contributed by atoms with van der Waals surface area (Å²) in [6.07, 6.45) is 3.61. The van der Waals surface area contributed by atoms with Gasteiger partial charge in [0.05, 0.1) is 17.4 Å². The number of aryl methyl sites for hydroxylation is 1. The molecule has 2 rings (SSSR count). The van der Waals surface area contributed by atoms with E-state index in [4.69, 9.17) is 5.11 Å². The van der Waals surface area contributed by atoms with Crippen LogP contribution in [0.5, 0.6) is 0 Å². The van der Waals surface area contributed by atoms with Crippen molar-refractivity contribution in [2.24, 2.45) is 0 Å². The number of nitrogens with zero attached hydrogens (tertiary/aromatic N) is 3. The maximum atomic E-state index is 11.0. The highest BCUT2D eigenvalue weighted by Gasteiger charge is 2.18. The first-order valence-electron chi connectivity index (χ1n) is 5.55. The zero-order chi connectivity index (χ0) is 13.5. The molecule has 2 aromatic heterocycles. The molecule has 2 heterocycles. The molecule has 0 bridgehead atoms. The van der Waals surface area contributed by atoms with Crippen molar-refractivity contribution in [2.75, 3.05) is 0 Å². The second-order valence-corrected chi connectivity index (χ2v) is 6.08. The Hall–Kier alpha value is -1.69. The van der Waals surface area contributed by atoms with Crippen LogP contribution < -0.4 is 0 Å². The van der Waals surface area contributed by atoms with E-state index in [0.717, 1.165) is 5.56 Å². The maximum absolute atomic E-state index is 11.0. The van der Waals surface area contributed by atoms with Gasteiger partial charge >= 0.3 is 5.97 Å². The molecule has 0 radical (unpaired) electrons. The predicted molar refractivity (Wildman–Crippen MR) is 70.0 cm³/mol. The summed E-state index contributed by atoms with van der Waals surface area (Å²) < 4.78 is 1.85.